The molecule has 0 aliphatic rings. The number of nitrogens with one attached hydrogen (secondary N) is 1. The first-order chi connectivity index (χ1) is 9.79. The highest BCUT2D eigenvalue weighted by atomic mass is 35.5. The van der Waals surface area contributed by atoms with E-state index in [-0.39, 0.29) is 21.8 Å². The van der Waals surface area contributed by atoms with Gasteiger partial charge in [-0.2, -0.15) is 0 Å². The summed E-state index contributed by atoms with van der Waals surface area (Å²) in [4.78, 5) is 0. The summed E-state index contributed by atoms with van der Waals surface area (Å²) in [5.74, 6) is -0.0844. The standard InChI is InChI=1S/C17H19Cl2NO/c1-9-5-11(3)14(6-10(9)2)12(4)20-13-7-15(18)17(21)16(19)8-13/h5-8,12,20-21H,1-4H3. The van der Waals surface area contributed by atoms with Gasteiger partial charge in [0.1, 0.15) is 0 Å². The third-order valence-corrected chi connectivity index (χ3v) is 4.33. The van der Waals surface area contributed by atoms with Crippen molar-refractivity contribution in [1.82, 2.24) is 0 Å². The number of phenols is 1. The van der Waals surface area contributed by atoms with Crippen LogP contribution >= 0.6 is 23.2 Å². The van der Waals surface area contributed by atoms with Crippen molar-refractivity contribution in [3.63, 3.8) is 0 Å². The first kappa shape index (κ1) is 16.0. The average molecular weight is 324 g/mol. The van der Waals surface area contributed by atoms with Crippen molar-refractivity contribution in [3.8, 4) is 5.75 Å². The van der Waals surface area contributed by atoms with Crippen molar-refractivity contribution < 1.29 is 5.11 Å². The van der Waals surface area contributed by atoms with Crippen molar-refractivity contribution >= 4 is 28.9 Å². The van der Waals surface area contributed by atoms with E-state index in [0.717, 1.165) is 5.69 Å². The second-order valence-corrected chi connectivity index (χ2v) is 6.26. The molecule has 2 aromatic carbocycles. The Hall–Kier alpha value is -1.38. The lowest BCUT2D eigenvalue weighted by atomic mass is 9.96. The molecule has 0 saturated carbocycles. The molecule has 21 heavy (non-hydrogen) atoms. The number of hydrogen-bond donors (Lipinski definition) is 2. The Morgan fingerprint density at radius 3 is 2.00 bits per heavy atom. The molecular weight excluding hydrogens is 305 g/mol. The van der Waals surface area contributed by atoms with Gasteiger partial charge in [0, 0.05) is 11.7 Å². The summed E-state index contributed by atoms with van der Waals surface area (Å²) in [6.45, 7) is 8.42. The normalized spacial score (nSPS) is 12.3. The van der Waals surface area contributed by atoms with Gasteiger partial charge in [-0.05, 0) is 62.1 Å². The molecule has 0 aromatic heterocycles. The summed E-state index contributed by atoms with van der Waals surface area (Å²) >= 11 is 11.9. The lowest BCUT2D eigenvalue weighted by molar-refractivity contribution is 0.476. The fourth-order valence-corrected chi connectivity index (χ4v) is 2.91. The summed E-state index contributed by atoms with van der Waals surface area (Å²) in [5, 5.41) is 13.5. The van der Waals surface area contributed by atoms with Crippen LogP contribution in [-0.4, -0.2) is 5.11 Å². The minimum absolute atomic E-state index is 0.0844. The molecule has 2 nitrogen and oxygen atoms in total. The number of anilines is 1. The van der Waals surface area contributed by atoms with Crippen LogP contribution in [0.25, 0.3) is 0 Å². The van der Waals surface area contributed by atoms with Crippen LogP contribution in [-0.2, 0) is 0 Å². The van der Waals surface area contributed by atoms with Gasteiger partial charge in [0.05, 0.1) is 10.0 Å². The van der Waals surface area contributed by atoms with Crippen molar-refractivity contribution in [2.75, 3.05) is 5.32 Å². The van der Waals surface area contributed by atoms with E-state index in [1.54, 1.807) is 12.1 Å². The second-order valence-electron chi connectivity index (χ2n) is 5.45. The fourth-order valence-electron chi connectivity index (χ4n) is 2.43. The highest BCUT2D eigenvalue weighted by Crippen LogP contribution is 2.36. The van der Waals surface area contributed by atoms with Gasteiger partial charge in [0.2, 0.25) is 0 Å². The van der Waals surface area contributed by atoms with Gasteiger partial charge in [-0.3, -0.25) is 0 Å². The Balaban J connectivity index is 2.30. The third-order valence-electron chi connectivity index (χ3n) is 3.75. The number of benzene rings is 2. The van der Waals surface area contributed by atoms with E-state index >= 15 is 0 Å². The first-order valence-corrected chi connectivity index (χ1v) is 7.57. The molecule has 0 radical (unpaired) electrons. The molecule has 0 amide bonds. The van der Waals surface area contributed by atoms with E-state index in [1.807, 2.05) is 0 Å². The molecule has 2 rings (SSSR count). The molecule has 2 N–H and O–H groups in total. The van der Waals surface area contributed by atoms with Crippen LogP contribution in [0.1, 0.15) is 35.2 Å². The summed E-state index contributed by atoms with van der Waals surface area (Å²) in [7, 11) is 0. The predicted molar refractivity (Wildman–Crippen MR) is 90.8 cm³/mol. The molecular formula is C17H19Cl2NO. The minimum Gasteiger partial charge on any atom is -0.505 e. The van der Waals surface area contributed by atoms with Gasteiger partial charge in [-0.15, -0.1) is 0 Å². The van der Waals surface area contributed by atoms with E-state index < -0.39 is 0 Å². The largest absolute Gasteiger partial charge is 0.505 e. The molecule has 2 aromatic rings. The van der Waals surface area contributed by atoms with Crippen LogP contribution in [0.15, 0.2) is 24.3 Å². The van der Waals surface area contributed by atoms with E-state index in [2.05, 4.69) is 45.1 Å². The fraction of sp³-hybridized carbons (Fsp3) is 0.294. The maximum Gasteiger partial charge on any atom is 0.152 e. The molecule has 0 aliphatic carbocycles. The van der Waals surface area contributed by atoms with Gasteiger partial charge in [-0.25, -0.2) is 0 Å². The second kappa shape index (κ2) is 6.17. The van der Waals surface area contributed by atoms with Gasteiger partial charge in [0.15, 0.2) is 5.75 Å². The molecule has 112 valence electrons. The Morgan fingerprint density at radius 2 is 1.43 bits per heavy atom. The Labute approximate surface area is 135 Å². The van der Waals surface area contributed by atoms with E-state index in [4.69, 9.17) is 23.2 Å². The van der Waals surface area contributed by atoms with Gasteiger partial charge in [0.25, 0.3) is 0 Å². The predicted octanol–water partition coefficient (Wildman–Crippen LogP) is 5.80. The quantitative estimate of drug-likeness (QED) is 0.700. The molecule has 4 heteroatoms. The number of halogens is 2. The van der Waals surface area contributed by atoms with Crippen LogP contribution in [0, 0.1) is 20.8 Å². The lowest BCUT2D eigenvalue weighted by Gasteiger charge is -2.20. The number of rotatable bonds is 3. The molecule has 0 spiro atoms. The average Bonchev–Trinajstić information content (AvgIpc) is 2.40. The maximum absolute atomic E-state index is 9.60. The van der Waals surface area contributed by atoms with Crippen LogP contribution in [0.3, 0.4) is 0 Å². The molecule has 1 unspecified atom stereocenters. The van der Waals surface area contributed by atoms with Crippen LogP contribution in [0.5, 0.6) is 5.75 Å². The molecule has 1 atom stereocenters. The van der Waals surface area contributed by atoms with Gasteiger partial charge < -0.3 is 10.4 Å². The summed E-state index contributed by atoms with van der Waals surface area (Å²) in [5.41, 5.74) is 5.82. The van der Waals surface area contributed by atoms with E-state index in [0.29, 0.717) is 0 Å². The minimum atomic E-state index is -0.0844. The van der Waals surface area contributed by atoms with Crippen LogP contribution < -0.4 is 5.32 Å². The Morgan fingerprint density at radius 1 is 0.905 bits per heavy atom. The highest BCUT2D eigenvalue weighted by Gasteiger charge is 2.12. The zero-order chi connectivity index (χ0) is 15.7. The van der Waals surface area contributed by atoms with Gasteiger partial charge >= 0.3 is 0 Å². The molecule has 0 saturated heterocycles. The van der Waals surface area contributed by atoms with Crippen molar-refractivity contribution in [1.29, 1.82) is 0 Å². The highest BCUT2D eigenvalue weighted by molar-refractivity contribution is 6.37. The third kappa shape index (κ3) is 3.45. The monoisotopic (exact) mass is 323 g/mol. The zero-order valence-corrected chi connectivity index (χ0v) is 14.1. The van der Waals surface area contributed by atoms with E-state index in [9.17, 15) is 5.11 Å². The number of aromatic hydroxyl groups is 1. The first-order valence-electron chi connectivity index (χ1n) is 6.82. The maximum atomic E-state index is 9.60. The van der Waals surface area contributed by atoms with Crippen molar-refractivity contribution in [2.45, 2.75) is 33.7 Å². The molecule has 0 bridgehead atoms. The van der Waals surface area contributed by atoms with Crippen molar-refractivity contribution in [3.05, 3.63) is 56.6 Å². The summed E-state index contributed by atoms with van der Waals surface area (Å²) < 4.78 is 0. The smallest absolute Gasteiger partial charge is 0.152 e. The zero-order valence-electron chi connectivity index (χ0n) is 12.6. The van der Waals surface area contributed by atoms with Crippen LogP contribution in [0.2, 0.25) is 10.0 Å². The summed E-state index contributed by atoms with van der Waals surface area (Å²) in [6, 6.07) is 7.86. The van der Waals surface area contributed by atoms with Crippen molar-refractivity contribution in [2.24, 2.45) is 0 Å². The Kier molecular flexibility index (Phi) is 4.70. The van der Waals surface area contributed by atoms with E-state index in [1.165, 1.54) is 22.3 Å². The molecule has 0 fully saturated rings. The number of hydrogen-bond acceptors (Lipinski definition) is 2. The number of aryl methyl sites for hydroxylation is 3. The lowest BCUT2D eigenvalue weighted by Crippen LogP contribution is -2.09. The Bertz CT molecular complexity index is 660. The van der Waals surface area contributed by atoms with Gasteiger partial charge in [-0.1, -0.05) is 35.3 Å². The van der Waals surface area contributed by atoms with Crippen LogP contribution in [0.4, 0.5) is 5.69 Å². The molecule has 0 aliphatic heterocycles. The SMILES string of the molecule is Cc1cc(C)c(C(C)Nc2cc(Cl)c(O)c(Cl)c2)cc1C. The summed E-state index contributed by atoms with van der Waals surface area (Å²) in [6.07, 6.45) is 0. The number of phenolic OH excluding ortho intramolecular Hbond substituents is 1. The topological polar surface area (TPSA) is 32.3 Å². The molecule has 0 heterocycles.